The normalized spacial score (nSPS) is 18.2. The molecule has 0 aliphatic carbocycles. The number of rotatable bonds is 13. The molecule has 2 aliphatic rings. The SMILES string of the molecule is COc1cc(C(=O)N2CC3CN(C(=O)Cc4c[nH]c5cc(Cl)ccc45)CC(C(=O)NCC(=O)N(C)CCCc4ccccc4)C3C2)ccc1OC(C)C. The smallest absolute Gasteiger partial charge is 0.254 e. The third-order valence-electron chi connectivity index (χ3n) is 10.3. The Bertz CT molecular complexity index is 1950. The van der Waals surface area contributed by atoms with Crippen LogP contribution in [0.3, 0.4) is 0 Å². The number of H-pyrrole nitrogens is 1. The minimum Gasteiger partial charge on any atom is -0.493 e. The number of ether oxygens (including phenoxy) is 2. The second-order valence-corrected chi connectivity index (χ2v) is 14.8. The number of likely N-dealkylation sites (tertiary alicyclic amines) is 2. The van der Waals surface area contributed by atoms with Gasteiger partial charge in [-0.25, -0.2) is 0 Å². The number of methoxy groups -OCH3 is 1. The predicted molar refractivity (Wildman–Crippen MR) is 204 cm³/mol. The van der Waals surface area contributed by atoms with Gasteiger partial charge in [0.25, 0.3) is 5.91 Å². The monoisotopic (exact) mass is 741 g/mol. The van der Waals surface area contributed by atoms with E-state index in [1.54, 1.807) is 46.0 Å². The van der Waals surface area contributed by atoms with E-state index in [9.17, 15) is 19.2 Å². The van der Waals surface area contributed by atoms with Crippen LogP contribution in [0.4, 0.5) is 0 Å². The molecule has 3 heterocycles. The summed E-state index contributed by atoms with van der Waals surface area (Å²) in [5.41, 5.74) is 3.34. The fourth-order valence-corrected chi connectivity index (χ4v) is 7.73. The lowest BCUT2D eigenvalue weighted by atomic mass is 9.79. The van der Waals surface area contributed by atoms with Crippen molar-refractivity contribution in [2.24, 2.45) is 17.8 Å². The summed E-state index contributed by atoms with van der Waals surface area (Å²) in [6.07, 6.45) is 3.55. The van der Waals surface area contributed by atoms with E-state index in [0.29, 0.717) is 48.3 Å². The molecule has 0 spiro atoms. The van der Waals surface area contributed by atoms with Crippen LogP contribution in [0, 0.1) is 17.8 Å². The number of nitrogens with zero attached hydrogens (tertiary/aromatic N) is 3. The van der Waals surface area contributed by atoms with Gasteiger partial charge in [-0.1, -0.05) is 48.0 Å². The zero-order chi connectivity index (χ0) is 37.6. The van der Waals surface area contributed by atoms with Gasteiger partial charge in [-0.2, -0.15) is 0 Å². The number of hydrogen-bond donors (Lipinski definition) is 2. The first-order valence-corrected chi connectivity index (χ1v) is 18.6. The minimum absolute atomic E-state index is 0.0642. The predicted octanol–water partition coefficient (Wildman–Crippen LogP) is 5.21. The first-order valence-electron chi connectivity index (χ1n) is 18.2. The number of halogens is 1. The number of aromatic amines is 1. The Kier molecular flexibility index (Phi) is 11.9. The highest BCUT2D eigenvalue weighted by atomic mass is 35.5. The third-order valence-corrected chi connectivity index (χ3v) is 10.6. The fraction of sp³-hybridized carbons (Fsp3) is 0.415. The standard InChI is InChI=1S/C41H48ClN5O6/c1-26(2)53-36-15-12-28(17-37(36)52-4)41(51)47-23-30-22-46(38(48)18-29-20-43-35-19-31(42)13-14-32(29)35)25-34(33(30)24-47)40(50)44-21-39(49)45(3)16-8-11-27-9-6-5-7-10-27/h5-7,9-10,12-15,17,19-20,26,30,33-34,43H,8,11,16,18,21-25H2,1-4H3,(H,44,50). The number of fused-ring (bicyclic) bond motifs is 2. The molecule has 12 heteroatoms. The molecule has 53 heavy (non-hydrogen) atoms. The van der Waals surface area contributed by atoms with Crippen molar-refractivity contribution in [1.82, 2.24) is 25.0 Å². The summed E-state index contributed by atoms with van der Waals surface area (Å²) in [6, 6.07) is 20.8. The van der Waals surface area contributed by atoms with Crippen LogP contribution in [0.25, 0.3) is 10.9 Å². The maximum absolute atomic E-state index is 13.9. The van der Waals surface area contributed by atoms with Crippen LogP contribution in [-0.2, 0) is 27.2 Å². The van der Waals surface area contributed by atoms with E-state index in [2.05, 4.69) is 22.4 Å². The molecule has 3 unspecified atom stereocenters. The van der Waals surface area contributed by atoms with Crippen molar-refractivity contribution in [1.29, 1.82) is 0 Å². The summed E-state index contributed by atoms with van der Waals surface area (Å²) < 4.78 is 11.4. The maximum Gasteiger partial charge on any atom is 0.254 e. The number of piperidine rings is 1. The molecule has 4 aromatic rings. The van der Waals surface area contributed by atoms with E-state index in [4.69, 9.17) is 21.1 Å². The molecule has 4 amide bonds. The number of benzene rings is 3. The molecule has 1 aromatic heterocycles. The van der Waals surface area contributed by atoms with Gasteiger partial charge in [-0.3, -0.25) is 19.2 Å². The van der Waals surface area contributed by atoms with Crippen LogP contribution in [0.2, 0.25) is 5.02 Å². The Labute approximate surface area is 315 Å². The summed E-state index contributed by atoms with van der Waals surface area (Å²) in [5.74, 6) is -0.691. The molecule has 3 aromatic carbocycles. The number of amides is 4. The van der Waals surface area contributed by atoms with Crippen LogP contribution in [-0.4, -0.2) is 103 Å². The Hall–Kier alpha value is -5.03. The summed E-state index contributed by atoms with van der Waals surface area (Å²) in [4.78, 5) is 63.1. The van der Waals surface area contributed by atoms with Gasteiger partial charge >= 0.3 is 0 Å². The van der Waals surface area contributed by atoms with Crippen molar-refractivity contribution < 1.29 is 28.7 Å². The average Bonchev–Trinajstić information content (AvgIpc) is 3.77. The van der Waals surface area contributed by atoms with Crippen LogP contribution in [0.5, 0.6) is 11.5 Å². The minimum atomic E-state index is -0.607. The first-order chi connectivity index (χ1) is 25.5. The van der Waals surface area contributed by atoms with Gasteiger partial charge < -0.3 is 34.5 Å². The Morgan fingerprint density at radius 1 is 0.962 bits per heavy atom. The summed E-state index contributed by atoms with van der Waals surface area (Å²) in [6.45, 7) is 5.61. The van der Waals surface area contributed by atoms with E-state index in [1.807, 2.05) is 50.4 Å². The van der Waals surface area contributed by atoms with Crippen LogP contribution < -0.4 is 14.8 Å². The van der Waals surface area contributed by atoms with E-state index in [0.717, 1.165) is 29.3 Å². The van der Waals surface area contributed by atoms with E-state index < -0.39 is 5.92 Å². The number of nitrogens with one attached hydrogen (secondary N) is 2. The Morgan fingerprint density at radius 2 is 1.74 bits per heavy atom. The van der Waals surface area contributed by atoms with Gasteiger partial charge in [-0.05, 0) is 80.0 Å². The average molecular weight is 742 g/mol. The highest BCUT2D eigenvalue weighted by Gasteiger charge is 2.48. The molecule has 0 saturated carbocycles. The van der Waals surface area contributed by atoms with Gasteiger partial charge in [0.15, 0.2) is 11.5 Å². The molecule has 0 bridgehead atoms. The highest BCUT2D eigenvalue weighted by molar-refractivity contribution is 6.31. The van der Waals surface area contributed by atoms with Crippen molar-refractivity contribution in [3.05, 3.63) is 94.6 Å². The molecule has 2 saturated heterocycles. The topological polar surface area (TPSA) is 124 Å². The third kappa shape index (κ3) is 8.96. The number of aromatic nitrogens is 1. The second kappa shape index (κ2) is 16.8. The number of carbonyl (C=O) groups excluding carboxylic acids is 4. The molecule has 2 N–H and O–H groups in total. The number of aryl methyl sites for hydroxylation is 1. The summed E-state index contributed by atoms with van der Waals surface area (Å²) >= 11 is 6.18. The molecule has 2 fully saturated rings. The van der Waals surface area contributed by atoms with E-state index in [-0.39, 0.29) is 61.1 Å². The zero-order valence-electron chi connectivity index (χ0n) is 30.8. The van der Waals surface area contributed by atoms with Gasteiger partial charge in [0, 0.05) is 67.5 Å². The van der Waals surface area contributed by atoms with Gasteiger partial charge in [0.2, 0.25) is 17.7 Å². The zero-order valence-corrected chi connectivity index (χ0v) is 31.5. The molecule has 3 atom stereocenters. The van der Waals surface area contributed by atoms with Crippen molar-refractivity contribution in [3.63, 3.8) is 0 Å². The molecule has 11 nitrogen and oxygen atoms in total. The molecule has 280 valence electrons. The van der Waals surface area contributed by atoms with Crippen LogP contribution in [0.1, 0.15) is 41.8 Å². The Balaban J connectivity index is 1.15. The van der Waals surface area contributed by atoms with E-state index in [1.165, 1.54) is 12.7 Å². The van der Waals surface area contributed by atoms with Gasteiger partial charge in [0.1, 0.15) is 0 Å². The molecular weight excluding hydrogens is 694 g/mol. The van der Waals surface area contributed by atoms with Crippen molar-refractivity contribution in [2.45, 2.75) is 39.2 Å². The number of hydrogen-bond acceptors (Lipinski definition) is 6. The van der Waals surface area contributed by atoms with Crippen LogP contribution in [0.15, 0.2) is 72.9 Å². The van der Waals surface area contributed by atoms with Crippen molar-refractivity contribution >= 4 is 46.1 Å². The molecule has 0 radical (unpaired) electrons. The number of likely N-dealkylation sites (N-methyl/N-ethyl adjacent to an activating group) is 1. The molecule has 2 aliphatic heterocycles. The number of carbonyl (C=O) groups is 4. The first kappa shape index (κ1) is 37.7. The molecular formula is C41H48ClN5O6. The quantitative estimate of drug-likeness (QED) is 0.194. The van der Waals surface area contributed by atoms with Gasteiger partial charge in [0.05, 0.1) is 32.1 Å². The Morgan fingerprint density at radius 3 is 2.49 bits per heavy atom. The second-order valence-electron chi connectivity index (χ2n) is 14.4. The van der Waals surface area contributed by atoms with Crippen molar-refractivity contribution in [3.8, 4) is 11.5 Å². The van der Waals surface area contributed by atoms with Crippen molar-refractivity contribution in [2.75, 3.05) is 53.4 Å². The lowest BCUT2D eigenvalue weighted by molar-refractivity contribution is -0.140. The van der Waals surface area contributed by atoms with Gasteiger partial charge in [-0.15, -0.1) is 0 Å². The van der Waals surface area contributed by atoms with E-state index >= 15 is 0 Å². The highest BCUT2D eigenvalue weighted by Crippen LogP contribution is 2.37. The van der Waals surface area contributed by atoms with Crippen LogP contribution >= 0.6 is 11.6 Å². The summed E-state index contributed by atoms with van der Waals surface area (Å²) in [7, 11) is 3.28. The summed E-state index contributed by atoms with van der Waals surface area (Å²) in [5, 5.41) is 4.40. The lowest BCUT2D eigenvalue weighted by Crippen LogP contribution is -2.54. The lowest BCUT2D eigenvalue weighted by Gasteiger charge is -2.39. The maximum atomic E-state index is 13.9. The largest absolute Gasteiger partial charge is 0.493 e. The fourth-order valence-electron chi connectivity index (χ4n) is 7.56. The molecule has 6 rings (SSSR count).